The van der Waals surface area contributed by atoms with E-state index in [1.807, 2.05) is 72.8 Å². The van der Waals surface area contributed by atoms with Crippen LogP contribution in [0.2, 0.25) is 0 Å². The number of phenolic OH excluding ortho intramolecular Hbond substituents is 1. The number of pyridine rings is 1. The minimum atomic E-state index is 0.278. The van der Waals surface area contributed by atoms with E-state index in [1.165, 1.54) is 0 Å². The Morgan fingerprint density at radius 3 is 1.11 bits per heavy atom. The maximum atomic E-state index is 11.5. The fraction of sp³-hybridized carbons (Fsp3) is 0. The van der Waals surface area contributed by atoms with Crippen molar-refractivity contribution in [3.8, 4) is 56.2 Å². The summed E-state index contributed by atoms with van der Waals surface area (Å²) in [5.74, 6) is 0.278. The van der Waals surface area contributed by atoms with Gasteiger partial charge in [0.05, 0.1) is 0 Å². The Bertz CT molecular complexity index is 1530. The molecular formula is C35H26NO+. The first-order chi connectivity index (χ1) is 18.3. The average Bonchev–Trinajstić information content (AvgIpc) is 2.99. The van der Waals surface area contributed by atoms with Gasteiger partial charge in [-0.3, -0.25) is 0 Å². The Hall–Kier alpha value is -4.95. The van der Waals surface area contributed by atoms with Gasteiger partial charge in [0.1, 0.15) is 5.75 Å². The molecule has 6 rings (SSSR count). The molecule has 6 aromatic rings. The van der Waals surface area contributed by atoms with Gasteiger partial charge in [-0.25, -0.2) is 0 Å². The van der Waals surface area contributed by atoms with Gasteiger partial charge >= 0.3 is 0 Å². The van der Waals surface area contributed by atoms with Gasteiger partial charge in [0.25, 0.3) is 0 Å². The Morgan fingerprint density at radius 1 is 0.378 bits per heavy atom. The van der Waals surface area contributed by atoms with Gasteiger partial charge in [-0.2, -0.15) is 4.57 Å². The summed E-state index contributed by atoms with van der Waals surface area (Å²) in [6.45, 7) is 0. The molecule has 5 aromatic carbocycles. The molecule has 0 aliphatic carbocycles. The molecule has 2 heteroatoms. The molecule has 2 nitrogen and oxygen atoms in total. The molecule has 0 aliphatic heterocycles. The molecule has 0 saturated carbocycles. The van der Waals surface area contributed by atoms with E-state index in [2.05, 4.69) is 83.4 Å². The SMILES string of the molecule is Oc1c(-c2ccccc2)cc(-[n+]2c(-c3ccccc3)cccc2-c2ccccc2)cc1-c1ccccc1. The Labute approximate surface area is 217 Å². The average molecular weight is 477 g/mol. The molecule has 1 heterocycles. The smallest absolute Gasteiger partial charge is 0.219 e. The van der Waals surface area contributed by atoms with Crippen LogP contribution in [0.1, 0.15) is 0 Å². The van der Waals surface area contributed by atoms with Gasteiger partial charge in [0.2, 0.25) is 17.1 Å². The lowest BCUT2D eigenvalue weighted by atomic mass is 9.95. The molecule has 1 N–H and O–H groups in total. The molecule has 37 heavy (non-hydrogen) atoms. The van der Waals surface area contributed by atoms with Crippen LogP contribution in [0.4, 0.5) is 0 Å². The van der Waals surface area contributed by atoms with Crippen LogP contribution in [0, 0.1) is 0 Å². The van der Waals surface area contributed by atoms with Crippen molar-refractivity contribution in [1.82, 2.24) is 0 Å². The van der Waals surface area contributed by atoms with Crippen LogP contribution in [0.3, 0.4) is 0 Å². The summed E-state index contributed by atoms with van der Waals surface area (Å²) in [5.41, 5.74) is 8.91. The molecule has 0 atom stereocenters. The fourth-order valence-electron chi connectivity index (χ4n) is 4.88. The third kappa shape index (κ3) is 4.41. The van der Waals surface area contributed by atoms with Crippen molar-refractivity contribution in [2.45, 2.75) is 0 Å². The highest BCUT2D eigenvalue weighted by atomic mass is 16.3. The van der Waals surface area contributed by atoms with Crippen molar-refractivity contribution in [3.63, 3.8) is 0 Å². The maximum Gasteiger partial charge on any atom is 0.219 e. The standard InChI is InChI=1S/C35H25NO/c37-35-31(26-14-5-1-6-15-26)24-30(25-32(35)27-16-7-2-8-17-27)36-33(28-18-9-3-10-19-28)22-13-23-34(36)29-20-11-4-12-21-29/h1-25H/p+1. The lowest BCUT2D eigenvalue weighted by molar-refractivity contribution is -0.572. The Kier molecular flexibility index (Phi) is 6.06. The highest BCUT2D eigenvalue weighted by Gasteiger charge is 2.25. The van der Waals surface area contributed by atoms with Gasteiger partial charge in [-0.05, 0) is 41.5 Å². The summed E-state index contributed by atoms with van der Waals surface area (Å²) < 4.78 is 2.29. The highest BCUT2D eigenvalue weighted by Crippen LogP contribution is 2.40. The number of rotatable bonds is 5. The number of phenols is 1. The Morgan fingerprint density at radius 2 is 0.730 bits per heavy atom. The highest BCUT2D eigenvalue weighted by molar-refractivity contribution is 5.84. The van der Waals surface area contributed by atoms with Crippen molar-refractivity contribution in [3.05, 3.63) is 152 Å². The van der Waals surface area contributed by atoms with Crippen LogP contribution < -0.4 is 4.57 Å². The Balaban J connectivity index is 1.70. The van der Waals surface area contributed by atoms with E-state index in [0.717, 1.165) is 50.5 Å². The second-order valence-electron chi connectivity index (χ2n) is 8.99. The molecule has 0 radical (unpaired) electrons. The van der Waals surface area contributed by atoms with Gasteiger partial charge in [-0.15, -0.1) is 0 Å². The van der Waals surface area contributed by atoms with Crippen LogP contribution >= 0.6 is 0 Å². The van der Waals surface area contributed by atoms with Crippen LogP contribution in [0.5, 0.6) is 5.75 Å². The van der Waals surface area contributed by atoms with Gasteiger partial charge in [0, 0.05) is 46.5 Å². The van der Waals surface area contributed by atoms with Crippen molar-refractivity contribution in [2.75, 3.05) is 0 Å². The second-order valence-corrected chi connectivity index (χ2v) is 8.99. The molecule has 0 amide bonds. The van der Waals surface area contributed by atoms with Crippen LogP contribution in [-0.4, -0.2) is 5.11 Å². The van der Waals surface area contributed by atoms with Crippen LogP contribution in [0.25, 0.3) is 50.5 Å². The molecular weight excluding hydrogens is 450 g/mol. The van der Waals surface area contributed by atoms with E-state index in [9.17, 15) is 5.11 Å². The third-order valence-electron chi connectivity index (χ3n) is 6.65. The summed E-state index contributed by atoms with van der Waals surface area (Å²) in [5, 5.41) is 11.5. The summed E-state index contributed by atoms with van der Waals surface area (Å²) >= 11 is 0. The first kappa shape index (κ1) is 22.5. The quantitative estimate of drug-likeness (QED) is 0.248. The van der Waals surface area contributed by atoms with Gasteiger partial charge < -0.3 is 5.11 Å². The number of benzene rings is 5. The van der Waals surface area contributed by atoms with E-state index >= 15 is 0 Å². The van der Waals surface area contributed by atoms with E-state index < -0.39 is 0 Å². The third-order valence-corrected chi connectivity index (χ3v) is 6.65. The molecule has 1 aromatic heterocycles. The summed E-state index contributed by atoms with van der Waals surface area (Å²) in [6.07, 6.45) is 0. The molecule has 0 aliphatic rings. The zero-order chi connectivity index (χ0) is 25.0. The van der Waals surface area contributed by atoms with E-state index in [4.69, 9.17) is 0 Å². The lowest BCUT2D eigenvalue weighted by Gasteiger charge is -2.14. The van der Waals surface area contributed by atoms with Crippen molar-refractivity contribution >= 4 is 0 Å². The molecule has 0 saturated heterocycles. The first-order valence-electron chi connectivity index (χ1n) is 12.4. The van der Waals surface area contributed by atoms with E-state index in [0.29, 0.717) is 0 Å². The monoisotopic (exact) mass is 476 g/mol. The lowest BCUT2D eigenvalue weighted by Crippen LogP contribution is -2.36. The minimum Gasteiger partial charge on any atom is -0.507 e. The second kappa shape index (κ2) is 9.96. The predicted molar refractivity (Wildman–Crippen MR) is 151 cm³/mol. The van der Waals surface area contributed by atoms with Crippen molar-refractivity contribution in [1.29, 1.82) is 0 Å². The first-order valence-corrected chi connectivity index (χ1v) is 12.4. The van der Waals surface area contributed by atoms with E-state index in [-0.39, 0.29) is 5.75 Å². The number of hydrogen-bond acceptors (Lipinski definition) is 1. The minimum absolute atomic E-state index is 0.278. The zero-order valence-corrected chi connectivity index (χ0v) is 20.3. The summed E-state index contributed by atoms with van der Waals surface area (Å²) in [4.78, 5) is 0. The van der Waals surface area contributed by atoms with Crippen molar-refractivity contribution < 1.29 is 9.67 Å². The maximum absolute atomic E-state index is 11.5. The molecule has 0 fully saturated rings. The number of aromatic hydroxyl groups is 1. The summed E-state index contributed by atoms with van der Waals surface area (Å²) in [7, 11) is 0. The molecule has 0 unspecified atom stereocenters. The number of hydrogen-bond donors (Lipinski definition) is 1. The normalized spacial score (nSPS) is 10.8. The van der Waals surface area contributed by atoms with Crippen molar-refractivity contribution in [2.24, 2.45) is 0 Å². The molecule has 0 spiro atoms. The largest absolute Gasteiger partial charge is 0.507 e. The van der Waals surface area contributed by atoms with Crippen LogP contribution in [0.15, 0.2) is 152 Å². The summed E-state index contributed by atoms with van der Waals surface area (Å²) in [6, 6.07) is 51.7. The predicted octanol–water partition coefficient (Wildman–Crippen LogP) is 8.34. The number of aromatic nitrogens is 1. The van der Waals surface area contributed by atoms with Gasteiger partial charge in [0.15, 0.2) is 0 Å². The number of nitrogens with zero attached hydrogens (tertiary/aromatic N) is 1. The van der Waals surface area contributed by atoms with Gasteiger partial charge in [-0.1, -0.05) is 97.1 Å². The fourth-order valence-corrected chi connectivity index (χ4v) is 4.88. The molecule has 176 valence electrons. The van der Waals surface area contributed by atoms with Crippen LogP contribution in [-0.2, 0) is 0 Å². The molecule has 0 bridgehead atoms. The zero-order valence-electron chi connectivity index (χ0n) is 20.3. The van der Waals surface area contributed by atoms with E-state index in [1.54, 1.807) is 0 Å². The topological polar surface area (TPSA) is 24.1 Å².